The Balaban J connectivity index is 1.87. The van der Waals surface area contributed by atoms with Gasteiger partial charge in [-0.15, -0.1) is 16.4 Å². The number of carbonyl (C=O) groups is 2. The number of thioether (sulfide) groups is 1. The Morgan fingerprint density at radius 2 is 2.35 bits per heavy atom. The van der Waals surface area contributed by atoms with Gasteiger partial charge in [0.05, 0.1) is 11.4 Å². The first-order valence-electron chi connectivity index (χ1n) is 5.37. The van der Waals surface area contributed by atoms with E-state index in [-0.39, 0.29) is 23.4 Å². The summed E-state index contributed by atoms with van der Waals surface area (Å²) in [6, 6.07) is 0. The molecule has 0 radical (unpaired) electrons. The van der Waals surface area contributed by atoms with E-state index < -0.39 is 5.97 Å². The molecule has 106 valence electrons. The third-order valence-corrected chi connectivity index (χ3v) is 3.81. The molecule has 20 heavy (non-hydrogen) atoms. The lowest BCUT2D eigenvalue weighted by atomic mass is 10.6. The standard InChI is InChI=1S/C9H10N6O3S2/c1-5-3-19-8(10-5)11-6(16)4-20-9-12-13-14-15(9)2-7(17)18/h3H,2,4H2,1H3,(H,17,18)(H,10,11,16). The van der Waals surface area contributed by atoms with Crippen molar-refractivity contribution in [1.29, 1.82) is 0 Å². The number of hydrogen-bond donors (Lipinski definition) is 2. The summed E-state index contributed by atoms with van der Waals surface area (Å²) in [6.07, 6.45) is 0. The normalized spacial score (nSPS) is 10.4. The zero-order valence-electron chi connectivity index (χ0n) is 10.3. The van der Waals surface area contributed by atoms with Crippen LogP contribution in [0.1, 0.15) is 5.69 Å². The summed E-state index contributed by atoms with van der Waals surface area (Å²) < 4.78 is 1.12. The molecule has 0 unspecified atom stereocenters. The third kappa shape index (κ3) is 3.99. The van der Waals surface area contributed by atoms with Crippen LogP contribution in [0.5, 0.6) is 0 Å². The number of anilines is 1. The quantitative estimate of drug-likeness (QED) is 0.727. The largest absolute Gasteiger partial charge is 0.480 e. The SMILES string of the molecule is Cc1csc(NC(=O)CSc2nnnn2CC(=O)O)n1. The molecule has 2 aromatic rings. The Labute approximate surface area is 121 Å². The number of nitrogens with zero attached hydrogens (tertiary/aromatic N) is 5. The van der Waals surface area contributed by atoms with E-state index in [0.29, 0.717) is 5.13 Å². The van der Waals surface area contributed by atoms with Gasteiger partial charge in [0, 0.05) is 5.38 Å². The monoisotopic (exact) mass is 314 g/mol. The van der Waals surface area contributed by atoms with E-state index in [9.17, 15) is 9.59 Å². The second-order valence-electron chi connectivity index (χ2n) is 3.64. The fourth-order valence-corrected chi connectivity index (χ4v) is 2.61. The van der Waals surface area contributed by atoms with Crippen LogP contribution >= 0.6 is 23.1 Å². The van der Waals surface area contributed by atoms with Gasteiger partial charge in [-0.1, -0.05) is 11.8 Å². The molecule has 1 amide bonds. The van der Waals surface area contributed by atoms with E-state index in [1.165, 1.54) is 11.3 Å². The first kappa shape index (κ1) is 14.4. The van der Waals surface area contributed by atoms with Gasteiger partial charge in [0.15, 0.2) is 5.13 Å². The Morgan fingerprint density at radius 1 is 1.55 bits per heavy atom. The highest BCUT2D eigenvalue weighted by molar-refractivity contribution is 7.99. The minimum absolute atomic E-state index is 0.0681. The first-order valence-corrected chi connectivity index (χ1v) is 7.24. The molecule has 2 aromatic heterocycles. The molecule has 2 rings (SSSR count). The van der Waals surface area contributed by atoms with Gasteiger partial charge in [-0.05, 0) is 17.4 Å². The number of carboxylic acid groups (broad SMARTS) is 1. The van der Waals surface area contributed by atoms with Crippen molar-refractivity contribution in [2.24, 2.45) is 0 Å². The van der Waals surface area contributed by atoms with E-state index in [2.05, 4.69) is 25.8 Å². The number of carboxylic acids is 1. The lowest BCUT2D eigenvalue weighted by Gasteiger charge is -2.01. The van der Waals surface area contributed by atoms with Crippen LogP contribution in [0.2, 0.25) is 0 Å². The van der Waals surface area contributed by atoms with Gasteiger partial charge in [0.2, 0.25) is 11.1 Å². The fraction of sp³-hybridized carbons (Fsp3) is 0.333. The van der Waals surface area contributed by atoms with Gasteiger partial charge in [0.1, 0.15) is 6.54 Å². The highest BCUT2D eigenvalue weighted by atomic mass is 32.2. The van der Waals surface area contributed by atoms with Crippen molar-refractivity contribution in [2.75, 3.05) is 11.1 Å². The lowest BCUT2D eigenvalue weighted by molar-refractivity contribution is -0.138. The van der Waals surface area contributed by atoms with Crippen molar-refractivity contribution >= 4 is 40.1 Å². The number of rotatable bonds is 6. The Morgan fingerprint density at radius 3 is 3.00 bits per heavy atom. The minimum Gasteiger partial charge on any atom is -0.480 e. The average molecular weight is 314 g/mol. The molecular formula is C9H10N6O3S2. The Hall–Kier alpha value is -2.01. The maximum Gasteiger partial charge on any atom is 0.325 e. The first-order chi connectivity index (χ1) is 9.54. The molecule has 0 spiro atoms. The van der Waals surface area contributed by atoms with Crippen LogP contribution in [0.3, 0.4) is 0 Å². The molecule has 0 bridgehead atoms. The minimum atomic E-state index is -1.05. The molecule has 2 N–H and O–H groups in total. The zero-order valence-corrected chi connectivity index (χ0v) is 11.9. The maximum absolute atomic E-state index is 11.7. The molecule has 0 aliphatic heterocycles. The Bertz CT molecular complexity index is 625. The molecule has 2 heterocycles. The topological polar surface area (TPSA) is 123 Å². The molecule has 0 aromatic carbocycles. The molecule has 0 aliphatic carbocycles. The number of amides is 1. The number of aryl methyl sites for hydroxylation is 1. The molecular weight excluding hydrogens is 304 g/mol. The van der Waals surface area contributed by atoms with Crippen molar-refractivity contribution < 1.29 is 14.7 Å². The number of thiazole rings is 1. The molecule has 0 saturated carbocycles. The number of tetrazole rings is 1. The predicted octanol–water partition coefficient (Wildman–Crippen LogP) is 0.253. The van der Waals surface area contributed by atoms with Crippen LogP contribution in [0.25, 0.3) is 0 Å². The van der Waals surface area contributed by atoms with Crippen LogP contribution in [-0.4, -0.2) is 47.9 Å². The van der Waals surface area contributed by atoms with Gasteiger partial charge in [0.25, 0.3) is 0 Å². The fourth-order valence-electron chi connectivity index (χ4n) is 1.22. The van der Waals surface area contributed by atoms with E-state index in [0.717, 1.165) is 22.1 Å². The van der Waals surface area contributed by atoms with Gasteiger partial charge < -0.3 is 10.4 Å². The summed E-state index contributed by atoms with van der Waals surface area (Å²) in [4.78, 5) is 26.4. The van der Waals surface area contributed by atoms with Crippen LogP contribution in [0, 0.1) is 6.92 Å². The number of hydrogen-bond acceptors (Lipinski definition) is 8. The van der Waals surface area contributed by atoms with E-state index in [1.54, 1.807) is 0 Å². The van der Waals surface area contributed by atoms with Gasteiger partial charge >= 0.3 is 5.97 Å². The summed E-state index contributed by atoms with van der Waals surface area (Å²) in [5.41, 5.74) is 0.836. The van der Waals surface area contributed by atoms with Gasteiger partial charge in [-0.3, -0.25) is 9.59 Å². The molecule has 9 nitrogen and oxygen atoms in total. The summed E-state index contributed by atoms with van der Waals surface area (Å²) in [5, 5.41) is 24.5. The zero-order chi connectivity index (χ0) is 14.5. The van der Waals surface area contributed by atoms with Gasteiger partial charge in [-0.25, -0.2) is 9.67 Å². The number of carbonyl (C=O) groups excluding carboxylic acids is 1. The molecule has 0 aliphatic rings. The summed E-state index contributed by atoms with van der Waals surface area (Å²) in [7, 11) is 0. The second kappa shape index (κ2) is 6.43. The van der Waals surface area contributed by atoms with Gasteiger partial charge in [-0.2, -0.15) is 0 Å². The number of nitrogens with one attached hydrogen (secondary N) is 1. The van der Waals surface area contributed by atoms with Crippen molar-refractivity contribution in [3.63, 3.8) is 0 Å². The number of aromatic nitrogens is 5. The smallest absolute Gasteiger partial charge is 0.325 e. The van der Waals surface area contributed by atoms with Crippen molar-refractivity contribution in [2.45, 2.75) is 18.6 Å². The van der Waals surface area contributed by atoms with Crippen LogP contribution in [-0.2, 0) is 16.1 Å². The molecule has 0 saturated heterocycles. The highest BCUT2D eigenvalue weighted by Crippen LogP contribution is 2.17. The third-order valence-electron chi connectivity index (χ3n) is 1.98. The van der Waals surface area contributed by atoms with Crippen LogP contribution < -0.4 is 5.32 Å². The maximum atomic E-state index is 11.7. The summed E-state index contributed by atoms with van der Waals surface area (Å²) in [6.45, 7) is 1.49. The predicted molar refractivity (Wildman–Crippen MR) is 71.7 cm³/mol. The number of aliphatic carboxylic acids is 1. The summed E-state index contributed by atoms with van der Waals surface area (Å²) >= 11 is 2.40. The van der Waals surface area contributed by atoms with E-state index >= 15 is 0 Å². The van der Waals surface area contributed by atoms with Crippen molar-refractivity contribution in [1.82, 2.24) is 25.2 Å². The molecule has 0 atom stereocenters. The van der Waals surface area contributed by atoms with Crippen LogP contribution in [0.15, 0.2) is 10.5 Å². The average Bonchev–Trinajstić information content (AvgIpc) is 2.96. The summed E-state index contributed by atoms with van der Waals surface area (Å²) in [5.74, 6) is -1.24. The lowest BCUT2D eigenvalue weighted by Crippen LogP contribution is -2.15. The van der Waals surface area contributed by atoms with Crippen LogP contribution in [0.4, 0.5) is 5.13 Å². The Kier molecular flexibility index (Phi) is 4.63. The second-order valence-corrected chi connectivity index (χ2v) is 5.44. The highest BCUT2D eigenvalue weighted by Gasteiger charge is 2.12. The van der Waals surface area contributed by atoms with E-state index in [4.69, 9.17) is 5.11 Å². The van der Waals surface area contributed by atoms with E-state index in [1.807, 2.05) is 12.3 Å². The molecule has 11 heteroatoms. The van der Waals surface area contributed by atoms with Crippen molar-refractivity contribution in [3.05, 3.63) is 11.1 Å². The van der Waals surface area contributed by atoms with Crippen molar-refractivity contribution in [3.8, 4) is 0 Å². The molecule has 0 fully saturated rings.